The molecule has 2 aromatic carbocycles. The van der Waals surface area contributed by atoms with Gasteiger partial charge in [0.15, 0.2) is 0 Å². The Labute approximate surface area is 182 Å². The molecular weight excluding hydrogens is 370 g/mol. The van der Waals surface area contributed by atoms with Gasteiger partial charge in [0, 0.05) is 6.54 Å². The zero-order valence-corrected chi connectivity index (χ0v) is 19.1. The first kappa shape index (κ1) is 22.6. The molecular formula is C27H37NO2. The number of hydrogen-bond acceptors (Lipinski definition) is 3. The number of aryl methyl sites for hydroxylation is 1. The Bertz CT molecular complexity index is 846. The molecule has 0 aromatic heterocycles. The van der Waals surface area contributed by atoms with Crippen LogP contribution in [-0.4, -0.2) is 30.5 Å². The van der Waals surface area contributed by atoms with Crippen molar-refractivity contribution >= 4 is 5.97 Å². The first-order valence-electron chi connectivity index (χ1n) is 11.5. The van der Waals surface area contributed by atoms with E-state index in [1.54, 1.807) is 0 Å². The second-order valence-corrected chi connectivity index (χ2v) is 9.16. The highest BCUT2D eigenvalue weighted by Crippen LogP contribution is 2.40. The topological polar surface area (TPSA) is 29.5 Å². The van der Waals surface area contributed by atoms with Gasteiger partial charge in [-0.1, -0.05) is 70.4 Å². The van der Waals surface area contributed by atoms with Crippen molar-refractivity contribution in [3.8, 4) is 5.75 Å². The van der Waals surface area contributed by atoms with Crippen LogP contribution in [0.3, 0.4) is 0 Å². The van der Waals surface area contributed by atoms with Crippen LogP contribution >= 0.6 is 0 Å². The van der Waals surface area contributed by atoms with Crippen molar-refractivity contribution in [1.82, 2.24) is 4.90 Å². The molecule has 30 heavy (non-hydrogen) atoms. The number of hydrogen-bond donors (Lipinski definition) is 0. The van der Waals surface area contributed by atoms with Gasteiger partial charge in [-0.15, -0.1) is 0 Å². The molecule has 0 aliphatic carbocycles. The molecule has 2 atom stereocenters. The molecule has 0 saturated carbocycles. The van der Waals surface area contributed by atoms with Gasteiger partial charge in [-0.05, 0) is 73.5 Å². The maximum atomic E-state index is 12.6. The third-order valence-electron chi connectivity index (χ3n) is 6.96. The summed E-state index contributed by atoms with van der Waals surface area (Å²) in [5.41, 5.74) is 2.94. The Morgan fingerprint density at radius 1 is 1.13 bits per heavy atom. The van der Waals surface area contributed by atoms with E-state index in [-0.39, 0.29) is 11.4 Å². The summed E-state index contributed by atoms with van der Waals surface area (Å²) in [7, 11) is 0. The first-order chi connectivity index (χ1) is 14.4. The van der Waals surface area contributed by atoms with E-state index in [0.717, 1.165) is 25.1 Å². The Hall–Kier alpha value is -2.13. The van der Waals surface area contributed by atoms with Crippen LogP contribution in [-0.2, 0) is 5.41 Å². The van der Waals surface area contributed by atoms with Crippen LogP contribution in [0.2, 0.25) is 0 Å². The molecule has 0 N–H and O–H groups in total. The lowest BCUT2D eigenvalue weighted by molar-refractivity contribution is 0.0732. The number of carbonyl (C=O) groups is 1. The van der Waals surface area contributed by atoms with Crippen molar-refractivity contribution < 1.29 is 9.53 Å². The van der Waals surface area contributed by atoms with Crippen molar-refractivity contribution in [3.63, 3.8) is 0 Å². The van der Waals surface area contributed by atoms with Crippen molar-refractivity contribution in [2.45, 2.75) is 65.2 Å². The van der Waals surface area contributed by atoms with Gasteiger partial charge in [0.2, 0.25) is 0 Å². The van der Waals surface area contributed by atoms with Gasteiger partial charge >= 0.3 is 5.97 Å². The van der Waals surface area contributed by atoms with Gasteiger partial charge in [0.25, 0.3) is 0 Å². The zero-order chi connectivity index (χ0) is 21.6. The summed E-state index contributed by atoms with van der Waals surface area (Å²) < 4.78 is 5.74. The standard InChI is InChI=1S/C27H37NO2/c1-5-6-7-10-17-28-18-16-27(4,22(3)20-28)23-13-11-14-24(19-23)30-26(29)25-15-9-8-12-21(25)2/h8-9,11-15,19,22H,5-7,10,16-18,20H2,1-4H3/t22-,27-/m0/s1. The van der Waals surface area contributed by atoms with Crippen LogP contribution in [0.4, 0.5) is 0 Å². The average molecular weight is 408 g/mol. The highest BCUT2D eigenvalue weighted by Gasteiger charge is 2.38. The summed E-state index contributed by atoms with van der Waals surface area (Å²) in [5, 5.41) is 0. The minimum absolute atomic E-state index is 0.102. The number of carbonyl (C=O) groups excluding carboxylic acids is 1. The number of piperidine rings is 1. The number of esters is 1. The summed E-state index contributed by atoms with van der Waals surface area (Å²) in [6.45, 7) is 12.4. The molecule has 0 spiro atoms. The third kappa shape index (κ3) is 5.31. The monoisotopic (exact) mass is 407 g/mol. The number of likely N-dealkylation sites (tertiary alicyclic amines) is 1. The molecule has 0 amide bonds. The Morgan fingerprint density at radius 3 is 2.67 bits per heavy atom. The number of nitrogens with zero attached hydrogens (tertiary/aromatic N) is 1. The van der Waals surface area contributed by atoms with Crippen LogP contribution in [0.1, 0.15) is 74.4 Å². The normalized spacial score (nSPS) is 22.1. The number of rotatable bonds is 8. The van der Waals surface area contributed by atoms with E-state index in [9.17, 15) is 4.79 Å². The lowest BCUT2D eigenvalue weighted by Crippen LogP contribution is -2.47. The molecule has 2 aromatic rings. The molecule has 1 fully saturated rings. The molecule has 162 valence electrons. The molecule has 1 heterocycles. The molecule has 0 bridgehead atoms. The maximum absolute atomic E-state index is 12.6. The molecule has 1 saturated heterocycles. The smallest absolute Gasteiger partial charge is 0.343 e. The first-order valence-corrected chi connectivity index (χ1v) is 11.5. The largest absolute Gasteiger partial charge is 0.423 e. The highest BCUT2D eigenvalue weighted by molar-refractivity contribution is 5.92. The van der Waals surface area contributed by atoms with E-state index in [1.807, 2.05) is 43.3 Å². The van der Waals surface area contributed by atoms with Crippen LogP contribution in [0.5, 0.6) is 5.75 Å². The predicted molar refractivity (Wildman–Crippen MR) is 124 cm³/mol. The van der Waals surface area contributed by atoms with Crippen molar-refractivity contribution in [2.24, 2.45) is 5.92 Å². The fourth-order valence-corrected chi connectivity index (χ4v) is 4.59. The van der Waals surface area contributed by atoms with Crippen molar-refractivity contribution in [3.05, 3.63) is 65.2 Å². The molecule has 1 aliphatic rings. The molecule has 3 rings (SSSR count). The number of benzene rings is 2. The summed E-state index contributed by atoms with van der Waals surface area (Å²) in [6, 6.07) is 15.7. The van der Waals surface area contributed by atoms with E-state index in [0.29, 0.717) is 17.2 Å². The molecule has 3 nitrogen and oxygen atoms in total. The summed E-state index contributed by atoms with van der Waals surface area (Å²) in [4.78, 5) is 15.3. The van der Waals surface area contributed by atoms with Crippen LogP contribution in [0.15, 0.2) is 48.5 Å². The van der Waals surface area contributed by atoms with Gasteiger partial charge < -0.3 is 9.64 Å². The highest BCUT2D eigenvalue weighted by atomic mass is 16.5. The number of ether oxygens (including phenoxy) is 1. The molecule has 3 heteroatoms. The van der Waals surface area contributed by atoms with E-state index in [1.165, 1.54) is 37.8 Å². The lowest BCUT2D eigenvalue weighted by atomic mass is 9.68. The second kappa shape index (κ2) is 10.3. The molecule has 1 aliphatic heterocycles. The van der Waals surface area contributed by atoms with E-state index >= 15 is 0 Å². The third-order valence-corrected chi connectivity index (χ3v) is 6.96. The van der Waals surface area contributed by atoms with Gasteiger partial charge in [0.05, 0.1) is 5.56 Å². The number of unbranched alkanes of at least 4 members (excludes halogenated alkanes) is 3. The summed E-state index contributed by atoms with van der Waals surface area (Å²) in [6.07, 6.45) is 6.42. The SMILES string of the molecule is CCCCCCN1CC[C@](C)(c2cccc(OC(=O)c3ccccc3C)c2)[C@@H](C)C1. The fraction of sp³-hybridized carbons (Fsp3) is 0.519. The molecule has 0 unspecified atom stereocenters. The van der Waals surface area contributed by atoms with Crippen molar-refractivity contribution in [1.29, 1.82) is 0 Å². The minimum Gasteiger partial charge on any atom is -0.423 e. The summed E-state index contributed by atoms with van der Waals surface area (Å²) >= 11 is 0. The van der Waals surface area contributed by atoms with E-state index < -0.39 is 0 Å². The predicted octanol–water partition coefficient (Wildman–Crippen LogP) is 6.39. The lowest BCUT2D eigenvalue weighted by Gasteiger charge is -2.45. The minimum atomic E-state index is -0.287. The van der Waals surface area contributed by atoms with Gasteiger partial charge in [-0.3, -0.25) is 0 Å². The second-order valence-electron chi connectivity index (χ2n) is 9.16. The Morgan fingerprint density at radius 2 is 1.93 bits per heavy atom. The van der Waals surface area contributed by atoms with Gasteiger partial charge in [0.1, 0.15) is 5.75 Å². The fourth-order valence-electron chi connectivity index (χ4n) is 4.59. The Kier molecular flexibility index (Phi) is 7.71. The Balaban J connectivity index is 1.66. The zero-order valence-electron chi connectivity index (χ0n) is 19.1. The van der Waals surface area contributed by atoms with Crippen LogP contribution in [0.25, 0.3) is 0 Å². The maximum Gasteiger partial charge on any atom is 0.343 e. The van der Waals surface area contributed by atoms with Crippen molar-refractivity contribution in [2.75, 3.05) is 19.6 Å². The average Bonchev–Trinajstić information content (AvgIpc) is 2.74. The van der Waals surface area contributed by atoms with Gasteiger partial charge in [-0.25, -0.2) is 4.79 Å². The quantitative estimate of drug-likeness (QED) is 0.288. The van der Waals surface area contributed by atoms with Gasteiger partial charge in [-0.2, -0.15) is 0 Å². The van der Waals surface area contributed by atoms with E-state index in [2.05, 4.69) is 37.8 Å². The van der Waals surface area contributed by atoms with E-state index in [4.69, 9.17) is 4.74 Å². The summed E-state index contributed by atoms with van der Waals surface area (Å²) in [5.74, 6) is 0.904. The van der Waals surface area contributed by atoms with Crippen LogP contribution in [0, 0.1) is 12.8 Å². The van der Waals surface area contributed by atoms with Crippen LogP contribution < -0.4 is 4.74 Å². The molecule has 0 radical (unpaired) electrons.